The van der Waals surface area contributed by atoms with E-state index in [4.69, 9.17) is 9.47 Å². The number of nitrogens with zero attached hydrogens (tertiary/aromatic N) is 2. The van der Waals surface area contributed by atoms with Gasteiger partial charge in [0.25, 0.3) is 6.43 Å². The van der Waals surface area contributed by atoms with E-state index < -0.39 is 19.1 Å². The second-order valence-corrected chi connectivity index (χ2v) is 6.95. The molecule has 0 bridgehead atoms. The molecule has 2 heterocycles. The zero-order chi connectivity index (χ0) is 21.5. The van der Waals surface area contributed by atoms with E-state index in [-0.39, 0.29) is 24.3 Å². The summed E-state index contributed by atoms with van der Waals surface area (Å²) in [4.78, 5) is 27.8. The molecular weight excluding hydrogens is 400 g/mol. The van der Waals surface area contributed by atoms with Gasteiger partial charge in [0.2, 0.25) is 11.8 Å². The maximum absolute atomic E-state index is 12.3. The maximum Gasteiger partial charge on any atom is 0.407 e. The third-order valence-corrected chi connectivity index (χ3v) is 4.74. The van der Waals surface area contributed by atoms with Gasteiger partial charge in [-0.15, -0.1) is 0 Å². The van der Waals surface area contributed by atoms with Gasteiger partial charge in [-0.25, -0.2) is 18.6 Å². The molecule has 0 aliphatic heterocycles. The first kappa shape index (κ1) is 21.5. The van der Waals surface area contributed by atoms with Gasteiger partial charge < -0.3 is 20.1 Å². The molecule has 3 N–H and O–H groups in total. The summed E-state index contributed by atoms with van der Waals surface area (Å²) in [7, 11) is 1.51. The van der Waals surface area contributed by atoms with E-state index in [1.807, 2.05) is 5.32 Å². The van der Waals surface area contributed by atoms with Gasteiger partial charge in [-0.1, -0.05) is 0 Å². The number of hydrogen-bond acceptors (Lipinski definition) is 6. The highest BCUT2D eigenvalue weighted by atomic mass is 19.3. The number of anilines is 1. The van der Waals surface area contributed by atoms with Crippen LogP contribution in [0.5, 0.6) is 5.88 Å². The number of H-pyrrole nitrogens is 1. The van der Waals surface area contributed by atoms with Crippen LogP contribution in [0.25, 0.3) is 0 Å². The fraction of sp³-hybridized carbons (Fsp3) is 0.474. The average molecular weight is 423 g/mol. The average Bonchev–Trinajstić information content (AvgIpc) is 3.36. The molecule has 2 amide bonds. The first-order valence-corrected chi connectivity index (χ1v) is 9.49. The predicted octanol–water partition coefficient (Wildman–Crippen LogP) is 2.62. The molecule has 0 radical (unpaired) electrons. The second-order valence-electron chi connectivity index (χ2n) is 6.95. The quantitative estimate of drug-likeness (QED) is 0.601. The minimum Gasteiger partial charge on any atom is -0.481 e. The Labute approximate surface area is 171 Å². The molecule has 1 aliphatic rings. The van der Waals surface area contributed by atoms with E-state index in [0.717, 1.165) is 17.7 Å². The Bertz CT molecular complexity index is 876. The van der Waals surface area contributed by atoms with Crippen molar-refractivity contribution in [3.63, 3.8) is 0 Å². The normalized spacial score (nSPS) is 18.3. The molecule has 0 aromatic carbocycles. The number of halogens is 2. The van der Waals surface area contributed by atoms with Crippen LogP contribution in [0.1, 0.15) is 36.4 Å². The van der Waals surface area contributed by atoms with Gasteiger partial charge in [-0.2, -0.15) is 5.10 Å². The van der Waals surface area contributed by atoms with Gasteiger partial charge >= 0.3 is 6.09 Å². The van der Waals surface area contributed by atoms with Gasteiger partial charge in [-0.05, 0) is 30.9 Å². The van der Waals surface area contributed by atoms with Crippen LogP contribution in [0.15, 0.2) is 24.4 Å². The van der Waals surface area contributed by atoms with Crippen molar-refractivity contribution in [2.75, 3.05) is 19.0 Å². The number of alkyl carbamates (subject to hydrolysis) is 1. The van der Waals surface area contributed by atoms with Crippen LogP contribution >= 0.6 is 0 Å². The number of alkyl halides is 2. The maximum atomic E-state index is 12.3. The van der Waals surface area contributed by atoms with Crippen molar-refractivity contribution in [2.24, 2.45) is 0 Å². The van der Waals surface area contributed by atoms with Crippen molar-refractivity contribution in [3.05, 3.63) is 35.7 Å². The fourth-order valence-electron chi connectivity index (χ4n) is 3.34. The second kappa shape index (κ2) is 9.99. The van der Waals surface area contributed by atoms with Gasteiger partial charge in [0.1, 0.15) is 6.10 Å². The zero-order valence-electron chi connectivity index (χ0n) is 16.4. The number of carbonyl (C=O) groups excluding carboxylic acids is 2. The lowest BCUT2D eigenvalue weighted by atomic mass is 10.0. The monoisotopic (exact) mass is 423 g/mol. The van der Waals surface area contributed by atoms with Crippen molar-refractivity contribution in [1.29, 1.82) is 0 Å². The minimum atomic E-state index is -2.62. The molecule has 0 unspecified atom stereocenters. The lowest BCUT2D eigenvalue weighted by Gasteiger charge is -2.13. The number of nitrogens with one attached hydrogen (secondary N) is 3. The Hall–Kier alpha value is -3.24. The number of ether oxygens (including phenoxy) is 2. The highest BCUT2D eigenvalue weighted by Gasteiger charge is 2.30. The molecule has 2 aromatic rings. The number of carbonyl (C=O) groups is 2. The summed E-state index contributed by atoms with van der Waals surface area (Å²) in [6.07, 6.45) is -0.172. The lowest BCUT2D eigenvalue weighted by Crippen LogP contribution is -2.31. The fourth-order valence-corrected chi connectivity index (χ4v) is 3.34. The molecule has 162 valence electrons. The van der Waals surface area contributed by atoms with Crippen LogP contribution in [-0.2, 0) is 16.0 Å². The van der Waals surface area contributed by atoms with Crippen LogP contribution in [0.2, 0.25) is 0 Å². The molecule has 3 rings (SSSR count). The number of aromatic nitrogens is 3. The van der Waals surface area contributed by atoms with E-state index in [9.17, 15) is 18.4 Å². The van der Waals surface area contributed by atoms with Gasteiger partial charge in [0.05, 0.1) is 20.1 Å². The third-order valence-electron chi connectivity index (χ3n) is 4.74. The number of methoxy groups -OCH3 is 1. The van der Waals surface area contributed by atoms with E-state index in [0.29, 0.717) is 24.5 Å². The molecule has 1 saturated carbocycles. The van der Waals surface area contributed by atoms with Gasteiger partial charge in [-0.3, -0.25) is 9.89 Å². The number of hydrogen-bond donors (Lipinski definition) is 3. The molecule has 2 atom stereocenters. The van der Waals surface area contributed by atoms with Crippen LogP contribution in [0.4, 0.5) is 19.4 Å². The summed E-state index contributed by atoms with van der Waals surface area (Å²) in [5, 5.41) is 11.8. The zero-order valence-corrected chi connectivity index (χ0v) is 16.4. The van der Waals surface area contributed by atoms with Crippen LogP contribution < -0.4 is 15.4 Å². The number of aromatic amines is 1. The summed E-state index contributed by atoms with van der Waals surface area (Å²) in [6.45, 7) is -0.731. The van der Waals surface area contributed by atoms with Crippen LogP contribution in [0.3, 0.4) is 0 Å². The molecule has 2 aromatic heterocycles. The molecule has 0 spiro atoms. The van der Waals surface area contributed by atoms with E-state index >= 15 is 0 Å². The summed E-state index contributed by atoms with van der Waals surface area (Å²) in [5.74, 6) is 0.670. The molecule has 11 heteroatoms. The largest absolute Gasteiger partial charge is 0.481 e. The molecular formula is C19H23F2N5O4. The minimum absolute atomic E-state index is 0.0699. The van der Waals surface area contributed by atoms with Crippen molar-refractivity contribution in [2.45, 2.75) is 44.1 Å². The Kier molecular flexibility index (Phi) is 7.15. The van der Waals surface area contributed by atoms with Crippen molar-refractivity contribution in [1.82, 2.24) is 20.5 Å². The molecule has 30 heavy (non-hydrogen) atoms. The van der Waals surface area contributed by atoms with Crippen LogP contribution in [0, 0.1) is 0 Å². The summed E-state index contributed by atoms with van der Waals surface area (Å²) < 4.78 is 34.5. The summed E-state index contributed by atoms with van der Waals surface area (Å²) in [6, 6.07) is 5.16. The first-order chi connectivity index (χ1) is 14.4. The van der Waals surface area contributed by atoms with Crippen molar-refractivity contribution >= 4 is 17.8 Å². The van der Waals surface area contributed by atoms with E-state index in [2.05, 4.69) is 20.5 Å². The van der Waals surface area contributed by atoms with Crippen molar-refractivity contribution < 1.29 is 27.8 Å². The highest BCUT2D eigenvalue weighted by molar-refractivity contribution is 5.91. The van der Waals surface area contributed by atoms with Crippen molar-refractivity contribution in [3.8, 4) is 5.88 Å². The Morgan fingerprint density at radius 3 is 2.93 bits per heavy atom. The van der Waals surface area contributed by atoms with Gasteiger partial charge in [0, 0.05) is 29.9 Å². The molecule has 1 aliphatic carbocycles. The third kappa shape index (κ3) is 6.13. The van der Waals surface area contributed by atoms with Gasteiger partial charge in [0.15, 0.2) is 5.82 Å². The Morgan fingerprint density at radius 2 is 2.17 bits per heavy atom. The molecule has 0 saturated heterocycles. The standard InChI is InChI=1S/C19H23F2N5O4/c1-29-18-7-11(4-5-22-18)6-17(27)24-16-9-14(25-26-16)12-2-3-13(8-12)30-19(28)23-10-15(20)21/h4-5,7,9,12-13,15H,2-3,6,8,10H2,1H3,(H,23,28)(H2,24,25,26,27)/t12-,13+/m0/s1. The molecule has 1 fully saturated rings. The first-order valence-electron chi connectivity index (χ1n) is 9.49. The number of amides is 2. The SMILES string of the molecule is COc1cc(CC(=O)Nc2cc([C@H]3CC[C@@H](OC(=O)NCC(F)F)C3)[nH]n2)ccn1. The van der Waals surface area contributed by atoms with Crippen LogP contribution in [-0.4, -0.2) is 53.4 Å². The van der Waals surface area contributed by atoms with E-state index in [1.54, 1.807) is 24.4 Å². The smallest absolute Gasteiger partial charge is 0.407 e. The Morgan fingerprint density at radius 1 is 1.33 bits per heavy atom. The predicted molar refractivity (Wildman–Crippen MR) is 103 cm³/mol. The Balaban J connectivity index is 1.47. The van der Waals surface area contributed by atoms with E-state index in [1.165, 1.54) is 7.11 Å². The summed E-state index contributed by atoms with van der Waals surface area (Å²) in [5.41, 5.74) is 1.57. The topological polar surface area (TPSA) is 118 Å². The number of rotatable bonds is 8. The number of pyridine rings is 1. The highest BCUT2D eigenvalue weighted by Crippen LogP contribution is 2.35. The summed E-state index contributed by atoms with van der Waals surface area (Å²) >= 11 is 0. The lowest BCUT2D eigenvalue weighted by molar-refractivity contribution is -0.115. The molecule has 9 nitrogen and oxygen atoms in total.